The number of nitrogens with zero attached hydrogens (tertiary/aromatic N) is 2. The summed E-state index contributed by atoms with van der Waals surface area (Å²) < 4.78 is 49.1. The van der Waals surface area contributed by atoms with Gasteiger partial charge in [-0.1, -0.05) is 6.07 Å². The third-order valence-electron chi connectivity index (χ3n) is 3.97. The second kappa shape index (κ2) is 7.63. The van der Waals surface area contributed by atoms with E-state index in [4.69, 9.17) is 9.47 Å². The number of ether oxygens (including phenoxy) is 2. The molecule has 0 aliphatic carbocycles. The third kappa shape index (κ3) is 4.65. The average molecular weight is 366 g/mol. The Morgan fingerprint density at radius 2 is 1.96 bits per heavy atom. The number of carbonyl (C=O) groups is 1. The lowest BCUT2D eigenvalue weighted by Gasteiger charge is -2.18. The predicted octanol–water partition coefficient (Wildman–Crippen LogP) is 3.16. The Labute approximate surface area is 148 Å². The van der Waals surface area contributed by atoms with Gasteiger partial charge in [0, 0.05) is 25.4 Å². The summed E-state index contributed by atoms with van der Waals surface area (Å²) in [7, 11) is 0. The molecule has 138 valence electrons. The molecule has 8 heteroatoms. The summed E-state index contributed by atoms with van der Waals surface area (Å²) in [6.07, 6.45) is -0.658. The molecule has 1 saturated heterocycles. The van der Waals surface area contributed by atoms with Crippen LogP contribution >= 0.6 is 0 Å². The highest BCUT2D eigenvalue weighted by Gasteiger charge is 2.31. The summed E-state index contributed by atoms with van der Waals surface area (Å²) in [6, 6.07) is 7.95. The first-order valence-electron chi connectivity index (χ1n) is 8.06. The number of hydrogen-bond donors (Lipinski definition) is 0. The fourth-order valence-electron chi connectivity index (χ4n) is 2.66. The van der Waals surface area contributed by atoms with E-state index in [-0.39, 0.29) is 24.4 Å². The number of alkyl halides is 3. The fourth-order valence-corrected chi connectivity index (χ4v) is 2.66. The quantitative estimate of drug-likeness (QED) is 0.816. The minimum absolute atomic E-state index is 0.0111. The molecule has 2 heterocycles. The highest BCUT2D eigenvalue weighted by Crippen LogP contribution is 2.31. The molecular formula is C18H17F3N2O3. The number of rotatable bonds is 5. The van der Waals surface area contributed by atoms with Crippen LogP contribution in [0.15, 0.2) is 48.8 Å². The molecule has 0 radical (unpaired) electrons. The number of carbonyl (C=O) groups excluding carboxylic acids is 1. The SMILES string of the molecule is O=C(COc1cccc(C(F)(F)F)c1)N1CC[C@H](Oc2ccncc2)C1. The highest BCUT2D eigenvalue weighted by atomic mass is 19.4. The van der Waals surface area contributed by atoms with Crippen LogP contribution in [0.2, 0.25) is 0 Å². The van der Waals surface area contributed by atoms with E-state index in [1.807, 2.05) is 0 Å². The Kier molecular flexibility index (Phi) is 5.29. The number of amides is 1. The molecular weight excluding hydrogens is 349 g/mol. The number of aromatic nitrogens is 1. The van der Waals surface area contributed by atoms with Gasteiger partial charge in [-0.3, -0.25) is 9.78 Å². The zero-order valence-corrected chi connectivity index (χ0v) is 13.8. The molecule has 2 aromatic rings. The molecule has 3 rings (SSSR count). The number of halogens is 3. The average Bonchev–Trinajstić information content (AvgIpc) is 3.09. The first-order chi connectivity index (χ1) is 12.4. The monoisotopic (exact) mass is 366 g/mol. The molecule has 0 bridgehead atoms. The van der Waals surface area contributed by atoms with Crippen LogP contribution in [0.3, 0.4) is 0 Å². The number of pyridine rings is 1. The van der Waals surface area contributed by atoms with Crippen LogP contribution in [0.25, 0.3) is 0 Å². The van der Waals surface area contributed by atoms with E-state index in [9.17, 15) is 18.0 Å². The van der Waals surface area contributed by atoms with Crippen molar-refractivity contribution < 1.29 is 27.4 Å². The third-order valence-corrected chi connectivity index (χ3v) is 3.97. The Bertz CT molecular complexity index is 753. The van der Waals surface area contributed by atoms with Crippen LogP contribution in [0.4, 0.5) is 13.2 Å². The van der Waals surface area contributed by atoms with Crippen molar-refractivity contribution in [3.05, 3.63) is 54.4 Å². The van der Waals surface area contributed by atoms with Gasteiger partial charge in [0.15, 0.2) is 6.61 Å². The van der Waals surface area contributed by atoms with Gasteiger partial charge in [0.25, 0.3) is 5.91 Å². The molecule has 0 saturated carbocycles. The van der Waals surface area contributed by atoms with Crippen molar-refractivity contribution in [3.8, 4) is 11.5 Å². The molecule has 0 unspecified atom stereocenters. The van der Waals surface area contributed by atoms with Crippen LogP contribution in [0, 0.1) is 0 Å². The summed E-state index contributed by atoms with van der Waals surface area (Å²) in [4.78, 5) is 17.7. The standard InChI is InChI=1S/C18H17F3N2O3/c19-18(20,21)13-2-1-3-15(10-13)25-12-17(24)23-9-6-16(11-23)26-14-4-7-22-8-5-14/h1-5,7-8,10,16H,6,9,11-12H2/t16-/m0/s1. The molecule has 1 aliphatic rings. The number of likely N-dealkylation sites (tertiary alicyclic amines) is 1. The normalized spacial score (nSPS) is 17.2. The molecule has 1 aromatic heterocycles. The first-order valence-corrected chi connectivity index (χ1v) is 8.06. The minimum Gasteiger partial charge on any atom is -0.488 e. The van der Waals surface area contributed by atoms with Crippen molar-refractivity contribution in [1.82, 2.24) is 9.88 Å². The Balaban J connectivity index is 1.50. The van der Waals surface area contributed by atoms with Crippen molar-refractivity contribution >= 4 is 5.91 Å². The van der Waals surface area contributed by atoms with Crippen molar-refractivity contribution in [2.75, 3.05) is 19.7 Å². The van der Waals surface area contributed by atoms with Crippen molar-refractivity contribution in [3.63, 3.8) is 0 Å². The number of benzene rings is 1. The molecule has 1 aliphatic heterocycles. The summed E-state index contributed by atoms with van der Waals surface area (Å²) in [5, 5.41) is 0. The van der Waals surface area contributed by atoms with Gasteiger partial charge in [-0.15, -0.1) is 0 Å². The van der Waals surface area contributed by atoms with Gasteiger partial charge in [-0.05, 0) is 30.3 Å². The lowest BCUT2D eigenvalue weighted by atomic mass is 10.2. The highest BCUT2D eigenvalue weighted by molar-refractivity contribution is 5.78. The van der Waals surface area contributed by atoms with Crippen LogP contribution < -0.4 is 9.47 Å². The zero-order chi connectivity index (χ0) is 18.6. The van der Waals surface area contributed by atoms with E-state index in [1.54, 1.807) is 29.4 Å². The minimum atomic E-state index is -4.45. The molecule has 0 spiro atoms. The smallest absolute Gasteiger partial charge is 0.416 e. The van der Waals surface area contributed by atoms with Gasteiger partial charge in [-0.2, -0.15) is 13.2 Å². The maximum absolute atomic E-state index is 12.7. The second-order valence-electron chi connectivity index (χ2n) is 5.87. The summed E-state index contributed by atoms with van der Waals surface area (Å²) in [5.41, 5.74) is -0.811. The van der Waals surface area contributed by atoms with Gasteiger partial charge in [0.1, 0.15) is 17.6 Å². The Morgan fingerprint density at radius 1 is 1.19 bits per heavy atom. The maximum atomic E-state index is 12.7. The molecule has 0 N–H and O–H groups in total. The van der Waals surface area contributed by atoms with Crippen LogP contribution in [0.1, 0.15) is 12.0 Å². The lowest BCUT2D eigenvalue weighted by molar-refractivity contribution is -0.137. The molecule has 1 amide bonds. The first kappa shape index (κ1) is 18.0. The van der Waals surface area contributed by atoms with Gasteiger partial charge < -0.3 is 14.4 Å². The van der Waals surface area contributed by atoms with E-state index in [0.29, 0.717) is 25.3 Å². The van der Waals surface area contributed by atoms with Crippen LogP contribution in [-0.2, 0) is 11.0 Å². The summed E-state index contributed by atoms with van der Waals surface area (Å²) in [5.74, 6) is 0.403. The van der Waals surface area contributed by atoms with E-state index >= 15 is 0 Å². The van der Waals surface area contributed by atoms with Gasteiger partial charge >= 0.3 is 6.18 Å². The lowest BCUT2D eigenvalue weighted by Crippen LogP contribution is -2.34. The van der Waals surface area contributed by atoms with Crippen molar-refractivity contribution in [2.45, 2.75) is 18.7 Å². The second-order valence-corrected chi connectivity index (χ2v) is 5.87. The van der Waals surface area contributed by atoms with E-state index in [2.05, 4.69) is 4.98 Å². The Morgan fingerprint density at radius 3 is 2.69 bits per heavy atom. The van der Waals surface area contributed by atoms with Crippen molar-refractivity contribution in [2.24, 2.45) is 0 Å². The molecule has 1 aromatic carbocycles. The molecule has 1 fully saturated rings. The van der Waals surface area contributed by atoms with E-state index in [1.165, 1.54) is 12.1 Å². The maximum Gasteiger partial charge on any atom is 0.416 e. The molecule has 26 heavy (non-hydrogen) atoms. The van der Waals surface area contributed by atoms with Crippen LogP contribution in [0.5, 0.6) is 11.5 Å². The zero-order valence-electron chi connectivity index (χ0n) is 13.8. The van der Waals surface area contributed by atoms with Gasteiger partial charge in [-0.25, -0.2) is 0 Å². The van der Waals surface area contributed by atoms with E-state index in [0.717, 1.165) is 12.1 Å². The number of hydrogen-bond acceptors (Lipinski definition) is 4. The van der Waals surface area contributed by atoms with Crippen LogP contribution in [-0.4, -0.2) is 41.6 Å². The van der Waals surface area contributed by atoms with Crippen molar-refractivity contribution in [1.29, 1.82) is 0 Å². The Hall–Kier alpha value is -2.77. The molecule has 5 nitrogen and oxygen atoms in total. The largest absolute Gasteiger partial charge is 0.488 e. The fraction of sp³-hybridized carbons (Fsp3) is 0.333. The predicted molar refractivity (Wildman–Crippen MR) is 86.8 cm³/mol. The topological polar surface area (TPSA) is 51.7 Å². The van der Waals surface area contributed by atoms with Gasteiger partial charge in [0.2, 0.25) is 0 Å². The summed E-state index contributed by atoms with van der Waals surface area (Å²) in [6.45, 7) is 0.608. The molecule has 1 atom stereocenters. The van der Waals surface area contributed by atoms with Gasteiger partial charge in [0.05, 0.1) is 12.1 Å². The van der Waals surface area contributed by atoms with E-state index < -0.39 is 11.7 Å². The summed E-state index contributed by atoms with van der Waals surface area (Å²) >= 11 is 0.